The van der Waals surface area contributed by atoms with Gasteiger partial charge in [0.05, 0.1) is 45.1 Å². The maximum absolute atomic E-state index is 10.1. The number of aryl methyl sites for hydroxylation is 4. The molecule has 4 nitrogen and oxygen atoms in total. The predicted molar refractivity (Wildman–Crippen MR) is 233 cm³/mol. The third-order valence-electron chi connectivity index (χ3n) is 11.1. The van der Waals surface area contributed by atoms with Gasteiger partial charge in [0, 0.05) is 39.0 Å². The Morgan fingerprint density at radius 2 is 0.964 bits per heavy atom. The average Bonchev–Trinajstić information content (AvgIpc) is 3.72. The Hall–Kier alpha value is -7.22. The molecule has 10 aromatic rings. The van der Waals surface area contributed by atoms with E-state index in [4.69, 9.17) is 4.98 Å². The van der Waals surface area contributed by atoms with Crippen LogP contribution in [0, 0.1) is 39.0 Å². The molecule has 0 bridgehead atoms. The quantitative estimate of drug-likeness (QED) is 0.178. The SMILES string of the molecule is Cc1cc(C)cc(-c2ccc3c(c2)c2ccccc2n3-c2ccnc(-c3cc(C#N)ccc3-n3c4ccccc4c4cc(-c5cc(C)cc(C)c5)ccc43)c2)c1. The first-order chi connectivity index (χ1) is 27.3. The van der Waals surface area contributed by atoms with Crippen LogP contribution in [0.15, 0.2) is 158 Å². The Morgan fingerprint density at radius 3 is 1.54 bits per heavy atom. The van der Waals surface area contributed by atoms with Crippen molar-refractivity contribution in [2.45, 2.75) is 27.7 Å². The third kappa shape index (κ3) is 5.48. The molecule has 0 radical (unpaired) electrons. The van der Waals surface area contributed by atoms with Crippen LogP contribution >= 0.6 is 0 Å². The molecule has 0 spiro atoms. The molecule has 0 N–H and O–H groups in total. The van der Waals surface area contributed by atoms with Crippen LogP contribution < -0.4 is 0 Å². The molecule has 0 aliphatic heterocycles. The number of rotatable bonds is 5. The minimum Gasteiger partial charge on any atom is -0.309 e. The molecule has 3 heterocycles. The van der Waals surface area contributed by atoms with Crippen molar-refractivity contribution in [2.24, 2.45) is 0 Å². The first kappa shape index (κ1) is 33.4. The lowest BCUT2D eigenvalue weighted by Crippen LogP contribution is -2.00. The summed E-state index contributed by atoms with van der Waals surface area (Å²) in [6.07, 6.45) is 1.89. The van der Waals surface area contributed by atoms with Gasteiger partial charge in [-0.1, -0.05) is 107 Å². The number of fused-ring (bicyclic) bond motifs is 6. The van der Waals surface area contributed by atoms with Crippen molar-refractivity contribution in [2.75, 3.05) is 0 Å². The molecule has 0 aliphatic carbocycles. The third-order valence-corrected chi connectivity index (χ3v) is 11.1. The number of aromatic nitrogens is 3. The van der Waals surface area contributed by atoms with E-state index in [1.807, 2.05) is 18.3 Å². The number of nitriles is 1. The molecule has 3 aromatic heterocycles. The summed E-state index contributed by atoms with van der Waals surface area (Å²) in [5, 5.41) is 14.9. The fourth-order valence-corrected chi connectivity index (χ4v) is 8.84. The van der Waals surface area contributed by atoms with Gasteiger partial charge in [0.1, 0.15) is 0 Å². The zero-order valence-electron chi connectivity index (χ0n) is 31.8. The van der Waals surface area contributed by atoms with E-state index in [0.29, 0.717) is 5.56 Å². The average molecular weight is 719 g/mol. The van der Waals surface area contributed by atoms with E-state index in [0.717, 1.165) is 44.7 Å². The van der Waals surface area contributed by atoms with Gasteiger partial charge < -0.3 is 9.13 Å². The van der Waals surface area contributed by atoms with E-state index in [9.17, 15) is 5.26 Å². The highest BCUT2D eigenvalue weighted by molar-refractivity contribution is 6.12. The van der Waals surface area contributed by atoms with Crippen molar-refractivity contribution in [3.05, 3.63) is 186 Å². The molecule has 0 saturated heterocycles. The number of nitrogens with zero attached hydrogens (tertiary/aromatic N) is 4. The lowest BCUT2D eigenvalue weighted by Gasteiger charge is -2.16. The number of benzene rings is 7. The summed E-state index contributed by atoms with van der Waals surface area (Å²) < 4.78 is 4.67. The van der Waals surface area contributed by atoms with Gasteiger partial charge in [-0.25, -0.2) is 0 Å². The van der Waals surface area contributed by atoms with Crippen LogP contribution in [0.4, 0.5) is 0 Å². The predicted octanol–water partition coefficient (Wildman–Crippen LogP) is 13.4. The Bertz CT molecular complexity index is 3220. The second-order valence-corrected chi connectivity index (χ2v) is 15.2. The van der Waals surface area contributed by atoms with Crippen molar-refractivity contribution < 1.29 is 0 Å². The van der Waals surface area contributed by atoms with Crippen LogP contribution in [-0.4, -0.2) is 14.1 Å². The van der Waals surface area contributed by atoms with Gasteiger partial charge >= 0.3 is 0 Å². The number of hydrogen-bond acceptors (Lipinski definition) is 2. The number of para-hydroxylation sites is 2. The van der Waals surface area contributed by atoms with Crippen LogP contribution in [0.5, 0.6) is 0 Å². The molecular formula is C52H38N4. The van der Waals surface area contributed by atoms with E-state index < -0.39 is 0 Å². The van der Waals surface area contributed by atoms with Crippen molar-refractivity contribution >= 4 is 43.6 Å². The van der Waals surface area contributed by atoms with Crippen molar-refractivity contribution in [3.8, 4) is 51.0 Å². The van der Waals surface area contributed by atoms with E-state index in [1.54, 1.807) is 0 Å². The summed E-state index contributed by atoms with van der Waals surface area (Å²) in [6.45, 7) is 8.62. The molecular weight excluding hydrogens is 681 g/mol. The van der Waals surface area contributed by atoms with Gasteiger partial charge in [0.15, 0.2) is 0 Å². The highest BCUT2D eigenvalue weighted by Crippen LogP contribution is 2.40. The first-order valence-electron chi connectivity index (χ1n) is 19.1. The number of pyridine rings is 1. The van der Waals surface area contributed by atoms with Gasteiger partial charge in [-0.3, -0.25) is 4.98 Å². The fraction of sp³-hybridized carbons (Fsp3) is 0.0769. The molecule has 0 unspecified atom stereocenters. The minimum atomic E-state index is 0.588. The van der Waals surface area contributed by atoms with E-state index >= 15 is 0 Å². The lowest BCUT2D eigenvalue weighted by atomic mass is 9.99. The minimum absolute atomic E-state index is 0.588. The highest BCUT2D eigenvalue weighted by atomic mass is 15.0. The van der Waals surface area contributed by atoms with Gasteiger partial charge in [0.2, 0.25) is 0 Å². The second kappa shape index (κ2) is 13.0. The van der Waals surface area contributed by atoms with E-state index in [1.165, 1.54) is 66.1 Å². The number of hydrogen-bond donors (Lipinski definition) is 0. The van der Waals surface area contributed by atoms with Gasteiger partial charge in [-0.05, 0) is 117 Å². The molecule has 4 heteroatoms. The molecule has 10 rings (SSSR count). The molecule has 7 aromatic carbocycles. The lowest BCUT2D eigenvalue weighted by molar-refractivity contribution is 1.14. The van der Waals surface area contributed by atoms with Crippen molar-refractivity contribution in [3.63, 3.8) is 0 Å². The standard InChI is InChI=1S/C52H38N4/c1-32-21-33(2)24-39(23-32)37-14-17-50-44(28-37)42-9-5-7-11-48(42)55(50)41-19-20-54-47(30-41)46-27-36(31-53)13-16-52(46)56-49-12-8-6-10-43(49)45-29-38(15-18-51(45)56)40-25-34(3)22-35(4)26-40/h5-30H,1-4H3. The van der Waals surface area contributed by atoms with E-state index in [-0.39, 0.29) is 0 Å². The molecule has 0 atom stereocenters. The van der Waals surface area contributed by atoms with E-state index in [2.05, 4.69) is 182 Å². The topological polar surface area (TPSA) is 46.5 Å². The van der Waals surface area contributed by atoms with Gasteiger partial charge in [0.25, 0.3) is 0 Å². The maximum atomic E-state index is 10.1. The Kier molecular flexibility index (Phi) is 7.73. The first-order valence-corrected chi connectivity index (χ1v) is 19.1. The van der Waals surface area contributed by atoms with Crippen LogP contribution in [-0.2, 0) is 0 Å². The molecule has 0 amide bonds. The van der Waals surface area contributed by atoms with Crippen LogP contribution in [0.2, 0.25) is 0 Å². The molecule has 0 fully saturated rings. The second-order valence-electron chi connectivity index (χ2n) is 15.2. The van der Waals surface area contributed by atoms with Crippen molar-refractivity contribution in [1.29, 1.82) is 5.26 Å². The maximum Gasteiger partial charge on any atom is 0.0991 e. The zero-order chi connectivity index (χ0) is 38.1. The Morgan fingerprint density at radius 1 is 0.446 bits per heavy atom. The van der Waals surface area contributed by atoms with Crippen LogP contribution in [0.1, 0.15) is 27.8 Å². The fourth-order valence-electron chi connectivity index (χ4n) is 8.84. The Balaban J connectivity index is 1.16. The summed E-state index contributed by atoms with van der Waals surface area (Å²) in [7, 11) is 0. The van der Waals surface area contributed by atoms with Crippen molar-refractivity contribution in [1.82, 2.24) is 14.1 Å². The summed E-state index contributed by atoms with van der Waals surface area (Å²) in [6, 6.07) is 56.9. The van der Waals surface area contributed by atoms with Crippen LogP contribution in [0.3, 0.4) is 0 Å². The Labute approximate surface area is 326 Å². The molecule has 266 valence electrons. The monoisotopic (exact) mass is 718 g/mol. The van der Waals surface area contributed by atoms with Crippen LogP contribution in [0.25, 0.3) is 88.5 Å². The largest absolute Gasteiger partial charge is 0.309 e. The normalized spacial score (nSPS) is 11.6. The molecule has 0 saturated carbocycles. The molecule has 56 heavy (non-hydrogen) atoms. The summed E-state index contributed by atoms with van der Waals surface area (Å²) in [5.41, 5.74) is 18.6. The molecule has 0 aliphatic rings. The smallest absolute Gasteiger partial charge is 0.0991 e. The zero-order valence-corrected chi connectivity index (χ0v) is 31.8. The summed E-state index contributed by atoms with van der Waals surface area (Å²) in [5.74, 6) is 0. The van der Waals surface area contributed by atoms with Gasteiger partial charge in [-0.15, -0.1) is 0 Å². The highest BCUT2D eigenvalue weighted by Gasteiger charge is 2.19. The summed E-state index contributed by atoms with van der Waals surface area (Å²) in [4.78, 5) is 4.99. The summed E-state index contributed by atoms with van der Waals surface area (Å²) >= 11 is 0. The van der Waals surface area contributed by atoms with Gasteiger partial charge in [-0.2, -0.15) is 5.26 Å².